The number of benzene rings is 1. The lowest BCUT2D eigenvalue weighted by molar-refractivity contribution is 0.269. The highest BCUT2D eigenvalue weighted by Crippen LogP contribution is 2.46. The number of aryl methyl sites for hydroxylation is 1. The SMILES string of the molecule is CC(C)CC(N)COc1cc2c(cc1C1CC1)c1ccncc1c(=O)n2C. The fraction of sp³-hybridized carbons (Fsp3) is 0.455. The van der Waals surface area contributed by atoms with Crippen LogP contribution in [-0.2, 0) is 7.05 Å². The Morgan fingerprint density at radius 3 is 2.74 bits per heavy atom. The van der Waals surface area contributed by atoms with Gasteiger partial charge < -0.3 is 15.0 Å². The first-order valence-electron chi connectivity index (χ1n) is 9.74. The van der Waals surface area contributed by atoms with Gasteiger partial charge in [0, 0.05) is 36.9 Å². The zero-order chi connectivity index (χ0) is 19.1. The molecule has 5 nitrogen and oxygen atoms in total. The molecule has 0 spiro atoms. The average Bonchev–Trinajstić information content (AvgIpc) is 3.48. The van der Waals surface area contributed by atoms with Crippen LogP contribution in [0.25, 0.3) is 21.7 Å². The minimum atomic E-state index is -0.0350. The molecule has 5 heteroatoms. The molecule has 2 aromatic heterocycles. The van der Waals surface area contributed by atoms with Gasteiger partial charge in [-0.15, -0.1) is 0 Å². The molecular weight excluding hydrogens is 338 g/mol. The molecule has 0 amide bonds. The maximum absolute atomic E-state index is 12.7. The van der Waals surface area contributed by atoms with Crippen LogP contribution in [0.1, 0.15) is 44.6 Å². The van der Waals surface area contributed by atoms with Crippen LogP contribution in [0.3, 0.4) is 0 Å². The number of pyridine rings is 2. The molecule has 1 aliphatic carbocycles. The molecule has 1 unspecified atom stereocenters. The molecule has 1 atom stereocenters. The lowest BCUT2D eigenvalue weighted by atomic mass is 10.0. The van der Waals surface area contributed by atoms with E-state index in [4.69, 9.17) is 10.5 Å². The van der Waals surface area contributed by atoms with Crippen molar-refractivity contribution in [3.05, 3.63) is 46.5 Å². The third-order valence-corrected chi connectivity index (χ3v) is 5.38. The fourth-order valence-electron chi connectivity index (χ4n) is 3.88. The summed E-state index contributed by atoms with van der Waals surface area (Å²) in [6, 6.07) is 6.17. The van der Waals surface area contributed by atoms with Gasteiger partial charge in [-0.3, -0.25) is 9.78 Å². The summed E-state index contributed by atoms with van der Waals surface area (Å²) >= 11 is 0. The highest BCUT2D eigenvalue weighted by Gasteiger charge is 2.28. The second-order valence-corrected chi connectivity index (χ2v) is 8.17. The standard InChI is InChI=1S/C22H27N3O2/c1-13(2)8-15(23)12-27-21-10-20-18(9-17(21)14-4-5-14)16-6-7-24-11-19(16)22(26)25(20)3/h6-7,9-11,13-15H,4-5,8,12,23H2,1-3H3. The molecular formula is C22H27N3O2. The highest BCUT2D eigenvalue weighted by atomic mass is 16.5. The summed E-state index contributed by atoms with van der Waals surface area (Å²) in [5.41, 5.74) is 8.30. The van der Waals surface area contributed by atoms with Crippen molar-refractivity contribution in [3.8, 4) is 5.75 Å². The Morgan fingerprint density at radius 1 is 1.26 bits per heavy atom. The van der Waals surface area contributed by atoms with E-state index in [1.54, 1.807) is 17.0 Å². The van der Waals surface area contributed by atoms with Crippen LogP contribution < -0.4 is 16.0 Å². The summed E-state index contributed by atoms with van der Waals surface area (Å²) in [7, 11) is 1.81. The first-order valence-corrected chi connectivity index (χ1v) is 9.74. The second kappa shape index (κ2) is 6.97. The van der Waals surface area contributed by atoms with E-state index in [0.717, 1.165) is 28.5 Å². The highest BCUT2D eigenvalue weighted by molar-refractivity contribution is 6.06. The van der Waals surface area contributed by atoms with Gasteiger partial charge in [-0.25, -0.2) is 0 Å². The topological polar surface area (TPSA) is 70.1 Å². The van der Waals surface area contributed by atoms with Crippen LogP contribution in [-0.4, -0.2) is 22.2 Å². The lowest BCUT2D eigenvalue weighted by Crippen LogP contribution is -2.29. The molecule has 1 aromatic carbocycles. The van der Waals surface area contributed by atoms with Crippen molar-refractivity contribution in [2.45, 2.75) is 45.1 Å². The van der Waals surface area contributed by atoms with Gasteiger partial charge >= 0.3 is 0 Å². The molecule has 1 fully saturated rings. The van der Waals surface area contributed by atoms with E-state index in [9.17, 15) is 4.79 Å². The number of hydrogen-bond acceptors (Lipinski definition) is 4. The van der Waals surface area contributed by atoms with E-state index in [1.807, 2.05) is 19.2 Å². The number of aromatic nitrogens is 2. The van der Waals surface area contributed by atoms with E-state index in [-0.39, 0.29) is 11.6 Å². The maximum Gasteiger partial charge on any atom is 0.260 e. The Balaban J connectivity index is 1.82. The fourth-order valence-corrected chi connectivity index (χ4v) is 3.88. The lowest BCUT2D eigenvalue weighted by Gasteiger charge is -2.19. The summed E-state index contributed by atoms with van der Waals surface area (Å²) in [5.74, 6) is 1.95. The van der Waals surface area contributed by atoms with E-state index < -0.39 is 0 Å². The van der Waals surface area contributed by atoms with E-state index in [0.29, 0.717) is 23.8 Å². The molecule has 142 valence electrons. The van der Waals surface area contributed by atoms with Crippen LogP contribution in [0.4, 0.5) is 0 Å². The Bertz CT molecular complexity index is 1050. The minimum absolute atomic E-state index is 0.0132. The zero-order valence-electron chi connectivity index (χ0n) is 16.2. The van der Waals surface area contributed by atoms with Crippen LogP contribution in [0.5, 0.6) is 5.75 Å². The Labute approximate surface area is 159 Å². The van der Waals surface area contributed by atoms with E-state index in [1.165, 1.54) is 18.4 Å². The molecule has 0 radical (unpaired) electrons. The summed E-state index contributed by atoms with van der Waals surface area (Å²) in [4.78, 5) is 16.9. The van der Waals surface area contributed by atoms with Crippen molar-refractivity contribution in [1.29, 1.82) is 0 Å². The predicted molar refractivity (Wildman–Crippen MR) is 109 cm³/mol. The molecule has 1 saturated carbocycles. The third kappa shape index (κ3) is 3.44. The number of ether oxygens (including phenoxy) is 1. The summed E-state index contributed by atoms with van der Waals surface area (Å²) in [5, 5.41) is 2.69. The Morgan fingerprint density at radius 2 is 2.04 bits per heavy atom. The van der Waals surface area contributed by atoms with Crippen molar-refractivity contribution in [3.63, 3.8) is 0 Å². The van der Waals surface area contributed by atoms with Crippen molar-refractivity contribution in [2.24, 2.45) is 18.7 Å². The van der Waals surface area contributed by atoms with E-state index >= 15 is 0 Å². The molecule has 0 aliphatic heterocycles. The summed E-state index contributed by atoms with van der Waals surface area (Å²) < 4.78 is 7.85. The van der Waals surface area contributed by atoms with Gasteiger partial charge in [0.05, 0.1) is 10.9 Å². The smallest absolute Gasteiger partial charge is 0.260 e. The largest absolute Gasteiger partial charge is 0.492 e. The number of rotatable bonds is 6. The first-order chi connectivity index (χ1) is 13.0. The quantitative estimate of drug-likeness (QED) is 0.676. The normalized spacial score (nSPS) is 15.6. The molecule has 2 heterocycles. The molecule has 1 aliphatic rings. The van der Waals surface area contributed by atoms with Crippen molar-refractivity contribution < 1.29 is 4.74 Å². The van der Waals surface area contributed by atoms with Crippen LogP contribution in [0.15, 0.2) is 35.4 Å². The number of nitrogens with zero attached hydrogens (tertiary/aromatic N) is 2. The average molecular weight is 365 g/mol. The van der Waals surface area contributed by atoms with Crippen LogP contribution in [0, 0.1) is 5.92 Å². The molecule has 2 N–H and O–H groups in total. The predicted octanol–water partition coefficient (Wildman–Crippen LogP) is 3.72. The molecule has 3 aromatic rings. The third-order valence-electron chi connectivity index (χ3n) is 5.38. The van der Waals surface area contributed by atoms with Crippen LogP contribution >= 0.6 is 0 Å². The molecule has 4 rings (SSSR count). The zero-order valence-corrected chi connectivity index (χ0v) is 16.2. The van der Waals surface area contributed by atoms with Gasteiger partial charge in [-0.2, -0.15) is 0 Å². The van der Waals surface area contributed by atoms with Crippen LogP contribution in [0.2, 0.25) is 0 Å². The first kappa shape index (κ1) is 18.0. The minimum Gasteiger partial charge on any atom is -0.492 e. The maximum atomic E-state index is 12.7. The Kier molecular flexibility index (Phi) is 4.64. The van der Waals surface area contributed by atoms with Gasteiger partial charge in [-0.1, -0.05) is 13.8 Å². The van der Waals surface area contributed by atoms with E-state index in [2.05, 4.69) is 24.9 Å². The number of nitrogens with two attached hydrogens (primary N) is 1. The molecule has 27 heavy (non-hydrogen) atoms. The number of fused-ring (bicyclic) bond motifs is 3. The van der Waals surface area contributed by atoms with Gasteiger partial charge in [-0.05, 0) is 54.2 Å². The van der Waals surface area contributed by atoms with Gasteiger partial charge in [0.2, 0.25) is 0 Å². The second-order valence-electron chi connectivity index (χ2n) is 8.17. The van der Waals surface area contributed by atoms with Gasteiger partial charge in [0.15, 0.2) is 0 Å². The van der Waals surface area contributed by atoms with Crippen molar-refractivity contribution in [2.75, 3.05) is 6.61 Å². The van der Waals surface area contributed by atoms with Gasteiger partial charge in [0.1, 0.15) is 12.4 Å². The van der Waals surface area contributed by atoms with Crippen molar-refractivity contribution >= 4 is 21.7 Å². The molecule has 0 bridgehead atoms. The van der Waals surface area contributed by atoms with Crippen molar-refractivity contribution in [1.82, 2.24) is 9.55 Å². The summed E-state index contributed by atoms with van der Waals surface area (Å²) in [6.07, 6.45) is 6.70. The monoisotopic (exact) mass is 365 g/mol. The molecule has 0 saturated heterocycles. The Hall–Kier alpha value is -2.40. The number of hydrogen-bond donors (Lipinski definition) is 1. The summed E-state index contributed by atoms with van der Waals surface area (Å²) in [6.45, 7) is 4.83. The van der Waals surface area contributed by atoms with Gasteiger partial charge in [0.25, 0.3) is 5.56 Å².